The summed E-state index contributed by atoms with van der Waals surface area (Å²) in [5.41, 5.74) is 5.84. The average molecular weight is 316 g/mol. The molecule has 0 aliphatic heterocycles. The van der Waals surface area contributed by atoms with Crippen molar-refractivity contribution in [3.63, 3.8) is 0 Å². The minimum absolute atomic E-state index is 0.0529. The van der Waals surface area contributed by atoms with Crippen LogP contribution in [0.2, 0.25) is 0 Å². The number of hydrogen-bond donors (Lipinski definition) is 3. The minimum Gasteiger partial charge on any atom is -0.497 e. The second-order valence-electron chi connectivity index (χ2n) is 4.64. The molecule has 0 aliphatic rings. The summed E-state index contributed by atoms with van der Waals surface area (Å²) in [4.78, 5) is 15.3. The van der Waals surface area contributed by atoms with Gasteiger partial charge in [-0.25, -0.2) is 4.98 Å². The number of nitrogens with zero attached hydrogens (tertiary/aromatic N) is 1. The number of pyridine rings is 1. The summed E-state index contributed by atoms with van der Waals surface area (Å²) in [7, 11) is 1.62. The van der Waals surface area contributed by atoms with Gasteiger partial charge in [-0.2, -0.15) is 0 Å². The van der Waals surface area contributed by atoms with Gasteiger partial charge in [0, 0.05) is 0 Å². The molecule has 7 heteroatoms. The Bertz CT molecular complexity index is 614. The molecule has 122 valence electrons. The summed E-state index contributed by atoms with van der Waals surface area (Å²) >= 11 is 0. The van der Waals surface area contributed by atoms with Crippen LogP contribution in [0.25, 0.3) is 0 Å². The molecule has 0 saturated heterocycles. The highest BCUT2D eigenvalue weighted by atomic mass is 16.5. The third kappa shape index (κ3) is 5.48. The molecule has 4 N–H and O–H groups in total. The van der Waals surface area contributed by atoms with Crippen LogP contribution < -0.4 is 25.8 Å². The van der Waals surface area contributed by atoms with E-state index < -0.39 is 0 Å². The molecule has 1 amide bonds. The molecular weight excluding hydrogens is 296 g/mol. The van der Waals surface area contributed by atoms with Crippen molar-refractivity contribution < 1.29 is 14.3 Å². The lowest BCUT2D eigenvalue weighted by molar-refractivity contribution is -0.114. The topological polar surface area (TPSA) is 98.5 Å². The molecule has 0 bridgehead atoms. The van der Waals surface area contributed by atoms with Crippen molar-refractivity contribution >= 4 is 17.4 Å². The zero-order chi connectivity index (χ0) is 16.5. The Morgan fingerprint density at radius 2 is 1.91 bits per heavy atom. The minimum atomic E-state index is -0.250. The van der Waals surface area contributed by atoms with Gasteiger partial charge in [-0.1, -0.05) is 0 Å². The zero-order valence-corrected chi connectivity index (χ0v) is 12.9. The average Bonchev–Trinajstić information content (AvgIpc) is 2.60. The monoisotopic (exact) mass is 316 g/mol. The second kappa shape index (κ2) is 8.60. The van der Waals surface area contributed by atoms with Crippen molar-refractivity contribution in [3.05, 3.63) is 42.6 Å². The molecular formula is C16H20N4O3. The fraction of sp³-hybridized carbons (Fsp3) is 0.250. The Morgan fingerprint density at radius 3 is 2.52 bits per heavy atom. The number of carbonyl (C=O) groups is 1. The Kier molecular flexibility index (Phi) is 6.19. The van der Waals surface area contributed by atoms with Gasteiger partial charge in [0.05, 0.1) is 32.1 Å². The quantitative estimate of drug-likeness (QED) is 0.638. The summed E-state index contributed by atoms with van der Waals surface area (Å²) in [5.74, 6) is 2.02. The van der Waals surface area contributed by atoms with Gasteiger partial charge in [-0.05, 0) is 36.4 Å². The number of methoxy groups -OCH3 is 1. The molecule has 0 fully saturated rings. The normalized spacial score (nSPS) is 10.0. The maximum absolute atomic E-state index is 11.1. The number of carbonyl (C=O) groups excluding carboxylic acids is 1. The van der Waals surface area contributed by atoms with Gasteiger partial charge >= 0.3 is 0 Å². The van der Waals surface area contributed by atoms with Gasteiger partial charge in [0.2, 0.25) is 5.91 Å². The Balaban J connectivity index is 1.72. The van der Waals surface area contributed by atoms with Crippen LogP contribution in [0.1, 0.15) is 0 Å². The van der Waals surface area contributed by atoms with Crippen LogP contribution in [0.4, 0.5) is 11.5 Å². The molecule has 0 aliphatic carbocycles. The maximum Gasteiger partial charge on any atom is 0.238 e. The fourth-order valence-electron chi connectivity index (χ4n) is 1.80. The van der Waals surface area contributed by atoms with E-state index in [1.165, 1.54) is 0 Å². The van der Waals surface area contributed by atoms with Crippen molar-refractivity contribution in [3.8, 4) is 11.5 Å². The largest absolute Gasteiger partial charge is 0.497 e. The van der Waals surface area contributed by atoms with Crippen LogP contribution in [0.5, 0.6) is 11.5 Å². The SMILES string of the molecule is COc1ccc(OCCNc2ccc(NC(=O)CN)cn2)cc1. The zero-order valence-electron chi connectivity index (χ0n) is 12.9. The summed E-state index contributed by atoms with van der Waals surface area (Å²) in [6, 6.07) is 10.9. The molecule has 1 heterocycles. The highest BCUT2D eigenvalue weighted by molar-refractivity contribution is 5.91. The van der Waals surface area contributed by atoms with Gasteiger partial charge < -0.3 is 25.8 Å². The van der Waals surface area contributed by atoms with Crippen LogP contribution in [-0.4, -0.2) is 37.7 Å². The second-order valence-corrected chi connectivity index (χ2v) is 4.64. The Morgan fingerprint density at radius 1 is 1.17 bits per heavy atom. The van der Waals surface area contributed by atoms with E-state index in [-0.39, 0.29) is 12.5 Å². The standard InChI is InChI=1S/C16H20N4O3/c1-22-13-3-5-14(6-4-13)23-9-8-18-15-7-2-12(11-19-15)20-16(21)10-17/h2-7,11H,8-10,17H2,1H3,(H,18,19)(H,20,21). The van der Waals surface area contributed by atoms with Gasteiger partial charge in [-0.15, -0.1) is 0 Å². The number of hydrogen-bond acceptors (Lipinski definition) is 6. The van der Waals surface area contributed by atoms with Crippen molar-refractivity contribution in [1.82, 2.24) is 4.98 Å². The highest BCUT2D eigenvalue weighted by Gasteiger charge is 2.00. The number of rotatable bonds is 8. The van der Waals surface area contributed by atoms with E-state index in [9.17, 15) is 4.79 Å². The van der Waals surface area contributed by atoms with E-state index in [0.717, 1.165) is 11.5 Å². The predicted molar refractivity (Wildman–Crippen MR) is 88.9 cm³/mol. The molecule has 2 rings (SSSR count). The van der Waals surface area contributed by atoms with E-state index in [4.69, 9.17) is 15.2 Å². The van der Waals surface area contributed by atoms with Crippen molar-refractivity contribution in [2.24, 2.45) is 5.73 Å². The summed E-state index contributed by atoms with van der Waals surface area (Å²) in [5, 5.41) is 5.76. The first-order valence-electron chi connectivity index (χ1n) is 7.18. The number of benzene rings is 1. The molecule has 0 saturated carbocycles. The number of nitrogens with two attached hydrogens (primary N) is 1. The number of aromatic nitrogens is 1. The van der Waals surface area contributed by atoms with Crippen molar-refractivity contribution in [1.29, 1.82) is 0 Å². The molecule has 23 heavy (non-hydrogen) atoms. The summed E-state index contributed by atoms with van der Waals surface area (Å²) in [6.07, 6.45) is 1.57. The lowest BCUT2D eigenvalue weighted by atomic mass is 10.3. The number of nitrogens with one attached hydrogen (secondary N) is 2. The third-order valence-electron chi connectivity index (χ3n) is 2.97. The maximum atomic E-state index is 11.1. The molecule has 0 atom stereocenters. The predicted octanol–water partition coefficient (Wildman–Crippen LogP) is 1.48. The van der Waals surface area contributed by atoms with Gasteiger partial charge in [0.25, 0.3) is 0 Å². The van der Waals surface area contributed by atoms with E-state index in [1.54, 1.807) is 25.4 Å². The molecule has 7 nitrogen and oxygen atoms in total. The lowest BCUT2D eigenvalue weighted by Gasteiger charge is -2.09. The number of ether oxygens (including phenoxy) is 2. The number of amides is 1. The first kappa shape index (κ1) is 16.6. The highest BCUT2D eigenvalue weighted by Crippen LogP contribution is 2.16. The van der Waals surface area contributed by atoms with Gasteiger partial charge in [0.1, 0.15) is 23.9 Å². The van der Waals surface area contributed by atoms with Crippen LogP contribution >= 0.6 is 0 Å². The van der Waals surface area contributed by atoms with Crippen LogP contribution in [0, 0.1) is 0 Å². The van der Waals surface area contributed by atoms with Crippen LogP contribution in [0.15, 0.2) is 42.6 Å². The molecule has 1 aromatic heterocycles. The van der Waals surface area contributed by atoms with Crippen molar-refractivity contribution in [2.75, 3.05) is 37.4 Å². The van der Waals surface area contributed by atoms with E-state index in [2.05, 4.69) is 15.6 Å². The number of anilines is 2. The third-order valence-corrected chi connectivity index (χ3v) is 2.97. The Labute approximate surface area is 134 Å². The first-order valence-corrected chi connectivity index (χ1v) is 7.18. The van der Waals surface area contributed by atoms with Gasteiger partial charge in [0.15, 0.2) is 0 Å². The van der Waals surface area contributed by atoms with Gasteiger partial charge in [-0.3, -0.25) is 4.79 Å². The fourth-order valence-corrected chi connectivity index (χ4v) is 1.80. The summed E-state index contributed by atoms with van der Waals surface area (Å²) < 4.78 is 10.7. The van der Waals surface area contributed by atoms with E-state index in [1.807, 2.05) is 24.3 Å². The van der Waals surface area contributed by atoms with Crippen LogP contribution in [0.3, 0.4) is 0 Å². The van der Waals surface area contributed by atoms with Crippen LogP contribution in [-0.2, 0) is 4.79 Å². The smallest absolute Gasteiger partial charge is 0.238 e. The molecule has 0 radical (unpaired) electrons. The lowest BCUT2D eigenvalue weighted by Crippen LogP contribution is -2.21. The summed E-state index contributed by atoms with van der Waals surface area (Å²) in [6.45, 7) is 1.05. The Hall–Kier alpha value is -2.80. The molecule has 1 aromatic carbocycles. The first-order chi connectivity index (χ1) is 11.2. The van der Waals surface area contributed by atoms with E-state index in [0.29, 0.717) is 24.7 Å². The molecule has 2 aromatic rings. The van der Waals surface area contributed by atoms with Crippen molar-refractivity contribution in [2.45, 2.75) is 0 Å². The van der Waals surface area contributed by atoms with E-state index >= 15 is 0 Å². The molecule has 0 spiro atoms. The molecule has 0 unspecified atom stereocenters.